The summed E-state index contributed by atoms with van der Waals surface area (Å²) in [5, 5.41) is 8.94. The van der Waals surface area contributed by atoms with Gasteiger partial charge in [-0.15, -0.1) is 0 Å². The van der Waals surface area contributed by atoms with Gasteiger partial charge in [-0.2, -0.15) is 4.89 Å². The Morgan fingerprint density at radius 1 is 1.14 bits per heavy atom. The van der Waals surface area contributed by atoms with E-state index in [4.69, 9.17) is 9.84 Å². The standard InChI is InChI=1S/C14H14O7/c1-9(2)13(17)21-20-8-7-19-14(18)11-6-4-3-5-10(11)12(15)16/h3-6H,1,7-8H2,2H3,(H,15,16). The summed E-state index contributed by atoms with van der Waals surface area (Å²) in [6, 6.07) is 5.66. The number of carbonyl (C=O) groups is 3. The van der Waals surface area contributed by atoms with Gasteiger partial charge in [0.05, 0.1) is 11.1 Å². The molecule has 0 aliphatic heterocycles. The first-order chi connectivity index (χ1) is 9.93. The van der Waals surface area contributed by atoms with Gasteiger partial charge >= 0.3 is 17.9 Å². The highest BCUT2D eigenvalue weighted by atomic mass is 17.2. The highest BCUT2D eigenvalue weighted by Gasteiger charge is 2.16. The van der Waals surface area contributed by atoms with Gasteiger partial charge < -0.3 is 9.84 Å². The van der Waals surface area contributed by atoms with Crippen LogP contribution in [-0.2, 0) is 19.3 Å². The number of hydrogen-bond acceptors (Lipinski definition) is 6. The molecule has 0 bridgehead atoms. The number of benzene rings is 1. The van der Waals surface area contributed by atoms with E-state index in [1.807, 2.05) is 0 Å². The first-order valence-corrected chi connectivity index (χ1v) is 5.92. The number of carboxylic acids is 1. The zero-order valence-electron chi connectivity index (χ0n) is 11.3. The fourth-order valence-corrected chi connectivity index (χ4v) is 1.26. The van der Waals surface area contributed by atoms with Crippen LogP contribution in [0.5, 0.6) is 0 Å². The fourth-order valence-electron chi connectivity index (χ4n) is 1.26. The van der Waals surface area contributed by atoms with Crippen molar-refractivity contribution in [2.75, 3.05) is 13.2 Å². The maximum atomic E-state index is 11.7. The van der Waals surface area contributed by atoms with Crippen molar-refractivity contribution in [3.63, 3.8) is 0 Å². The molecule has 0 aliphatic carbocycles. The Morgan fingerprint density at radius 2 is 1.76 bits per heavy atom. The summed E-state index contributed by atoms with van der Waals surface area (Å²) in [5.41, 5.74) is -0.0524. The van der Waals surface area contributed by atoms with Gasteiger partial charge in [-0.25, -0.2) is 14.4 Å². The quantitative estimate of drug-likeness (QED) is 0.268. The molecule has 0 aromatic heterocycles. The molecule has 0 saturated carbocycles. The molecule has 0 radical (unpaired) electrons. The second kappa shape index (κ2) is 7.81. The van der Waals surface area contributed by atoms with E-state index in [1.165, 1.54) is 31.2 Å². The van der Waals surface area contributed by atoms with Crippen LogP contribution in [0.3, 0.4) is 0 Å². The molecule has 0 heterocycles. The minimum Gasteiger partial charge on any atom is -0.478 e. The van der Waals surface area contributed by atoms with Crippen LogP contribution in [-0.4, -0.2) is 36.2 Å². The average molecular weight is 294 g/mol. The summed E-state index contributed by atoms with van der Waals surface area (Å²) in [6.07, 6.45) is 0. The summed E-state index contributed by atoms with van der Waals surface area (Å²) in [7, 11) is 0. The van der Waals surface area contributed by atoms with Crippen LogP contribution >= 0.6 is 0 Å². The molecule has 112 valence electrons. The van der Waals surface area contributed by atoms with Gasteiger partial charge in [0.1, 0.15) is 13.2 Å². The van der Waals surface area contributed by atoms with Crippen molar-refractivity contribution < 1.29 is 34.0 Å². The number of ether oxygens (including phenoxy) is 1. The van der Waals surface area contributed by atoms with Crippen LogP contribution < -0.4 is 0 Å². The molecule has 1 aromatic carbocycles. The van der Waals surface area contributed by atoms with Gasteiger partial charge in [0.15, 0.2) is 0 Å². The number of esters is 1. The summed E-state index contributed by atoms with van der Waals surface area (Å²) in [6.45, 7) is 4.43. The number of rotatable bonds is 7. The third-order valence-corrected chi connectivity index (χ3v) is 2.26. The second-order valence-corrected chi connectivity index (χ2v) is 3.96. The fraction of sp³-hybridized carbons (Fsp3) is 0.214. The highest BCUT2D eigenvalue weighted by molar-refractivity contribution is 6.02. The largest absolute Gasteiger partial charge is 0.478 e. The molecule has 0 atom stereocenters. The molecular weight excluding hydrogens is 280 g/mol. The Hall–Kier alpha value is -2.67. The van der Waals surface area contributed by atoms with E-state index in [0.29, 0.717) is 0 Å². The predicted octanol–water partition coefficient (Wildman–Crippen LogP) is 1.59. The van der Waals surface area contributed by atoms with E-state index in [9.17, 15) is 14.4 Å². The third-order valence-electron chi connectivity index (χ3n) is 2.26. The molecule has 0 fully saturated rings. The van der Waals surface area contributed by atoms with Crippen molar-refractivity contribution >= 4 is 17.9 Å². The lowest BCUT2D eigenvalue weighted by Crippen LogP contribution is -2.15. The van der Waals surface area contributed by atoms with Gasteiger partial charge in [0.25, 0.3) is 0 Å². The minimum atomic E-state index is -1.23. The second-order valence-electron chi connectivity index (χ2n) is 3.96. The van der Waals surface area contributed by atoms with Gasteiger partial charge in [0, 0.05) is 5.57 Å². The van der Waals surface area contributed by atoms with Crippen molar-refractivity contribution in [3.8, 4) is 0 Å². The van der Waals surface area contributed by atoms with Gasteiger partial charge in [0.2, 0.25) is 0 Å². The number of carbonyl (C=O) groups excluding carboxylic acids is 2. The molecule has 0 saturated heterocycles. The Morgan fingerprint density at radius 3 is 2.33 bits per heavy atom. The van der Waals surface area contributed by atoms with Crippen LogP contribution in [0.4, 0.5) is 0 Å². The van der Waals surface area contributed by atoms with Crippen molar-refractivity contribution in [2.24, 2.45) is 0 Å². The van der Waals surface area contributed by atoms with Crippen LogP contribution in [0.2, 0.25) is 0 Å². The van der Waals surface area contributed by atoms with Gasteiger partial charge in [-0.05, 0) is 19.1 Å². The van der Waals surface area contributed by atoms with Gasteiger partial charge in [-0.1, -0.05) is 18.7 Å². The first kappa shape index (κ1) is 16.4. The van der Waals surface area contributed by atoms with E-state index in [2.05, 4.69) is 16.4 Å². The van der Waals surface area contributed by atoms with Crippen LogP contribution in [0, 0.1) is 0 Å². The molecule has 7 heteroatoms. The zero-order chi connectivity index (χ0) is 15.8. The molecule has 0 aliphatic rings. The average Bonchev–Trinajstić information content (AvgIpc) is 2.46. The Bertz CT molecular complexity index is 562. The lowest BCUT2D eigenvalue weighted by atomic mass is 10.1. The smallest absolute Gasteiger partial charge is 0.368 e. The topological polar surface area (TPSA) is 99.1 Å². The molecule has 1 aromatic rings. The van der Waals surface area contributed by atoms with Crippen LogP contribution in [0.25, 0.3) is 0 Å². The van der Waals surface area contributed by atoms with Crippen molar-refractivity contribution in [1.82, 2.24) is 0 Å². The Kier molecular flexibility index (Phi) is 6.09. The third kappa shape index (κ3) is 5.07. The number of hydrogen-bond donors (Lipinski definition) is 1. The van der Waals surface area contributed by atoms with Gasteiger partial charge in [-0.3, -0.25) is 4.89 Å². The first-order valence-electron chi connectivity index (χ1n) is 5.92. The molecule has 0 unspecified atom stereocenters. The van der Waals surface area contributed by atoms with Crippen LogP contribution in [0.15, 0.2) is 36.4 Å². The molecule has 1 N–H and O–H groups in total. The predicted molar refractivity (Wildman–Crippen MR) is 70.5 cm³/mol. The highest BCUT2D eigenvalue weighted by Crippen LogP contribution is 2.10. The SMILES string of the molecule is C=C(C)C(=O)OOCCOC(=O)c1ccccc1C(=O)O. The summed E-state index contributed by atoms with van der Waals surface area (Å²) < 4.78 is 4.82. The molecule has 0 amide bonds. The normalized spacial score (nSPS) is 9.76. The van der Waals surface area contributed by atoms with E-state index in [0.717, 1.165) is 0 Å². The monoisotopic (exact) mass is 294 g/mol. The minimum absolute atomic E-state index is 0.0658. The Balaban J connectivity index is 2.43. The van der Waals surface area contributed by atoms with Crippen molar-refractivity contribution in [3.05, 3.63) is 47.5 Å². The van der Waals surface area contributed by atoms with Crippen LogP contribution in [0.1, 0.15) is 27.6 Å². The van der Waals surface area contributed by atoms with Crippen molar-refractivity contribution in [1.29, 1.82) is 0 Å². The van der Waals surface area contributed by atoms with E-state index >= 15 is 0 Å². The van der Waals surface area contributed by atoms with E-state index in [-0.39, 0.29) is 29.9 Å². The van der Waals surface area contributed by atoms with Crippen molar-refractivity contribution in [2.45, 2.75) is 6.92 Å². The van der Waals surface area contributed by atoms with E-state index in [1.54, 1.807) is 0 Å². The molecular formula is C14H14O7. The molecule has 1 rings (SSSR count). The zero-order valence-corrected chi connectivity index (χ0v) is 11.3. The summed E-state index contributed by atoms with van der Waals surface area (Å²) in [5.74, 6) is -2.76. The lowest BCUT2D eigenvalue weighted by molar-refractivity contribution is -0.271. The number of carboxylic acid groups (broad SMARTS) is 1. The maximum absolute atomic E-state index is 11.7. The summed E-state index contributed by atoms with van der Waals surface area (Å²) in [4.78, 5) is 42.5. The Labute approximate surface area is 120 Å². The maximum Gasteiger partial charge on any atom is 0.368 e. The molecule has 0 spiro atoms. The number of aromatic carboxylic acids is 1. The molecule has 21 heavy (non-hydrogen) atoms. The van der Waals surface area contributed by atoms with E-state index < -0.39 is 17.9 Å². The summed E-state index contributed by atoms with van der Waals surface area (Å²) >= 11 is 0. The molecule has 7 nitrogen and oxygen atoms in total. The lowest BCUT2D eigenvalue weighted by Gasteiger charge is -2.07.